The lowest BCUT2D eigenvalue weighted by molar-refractivity contribution is -0.140. The molecule has 0 bridgehead atoms. The van der Waals surface area contributed by atoms with Gasteiger partial charge in [0.25, 0.3) is 11.8 Å². The van der Waals surface area contributed by atoms with Crippen LogP contribution in [0.5, 0.6) is 0 Å². The Morgan fingerprint density at radius 2 is 2.00 bits per heavy atom. The van der Waals surface area contributed by atoms with Crippen molar-refractivity contribution in [3.8, 4) is 0 Å². The largest absolute Gasteiger partial charge is 0.469 e. The molecule has 0 aliphatic carbocycles. The number of hydrogen-bond donors (Lipinski definition) is 2. The van der Waals surface area contributed by atoms with Crippen molar-refractivity contribution < 1.29 is 23.9 Å². The van der Waals surface area contributed by atoms with Gasteiger partial charge >= 0.3 is 5.97 Å². The Morgan fingerprint density at radius 1 is 1.23 bits per heavy atom. The molecule has 3 rings (SSSR count). The molecule has 0 aromatic heterocycles. The van der Waals surface area contributed by atoms with Crippen molar-refractivity contribution in [1.29, 1.82) is 0 Å². The molecule has 31 heavy (non-hydrogen) atoms. The van der Waals surface area contributed by atoms with E-state index in [1.54, 1.807) is 24.3 Å². The smallest absolute Gasteiger partial charge is 0.307 e. The van der Waals surface area contributed by atoms with Gasteiger partial charge in [0.2, 0.25) is 5.91 Å². The SMILES string of the molecule is COC(=O)CCNC(=O)c1cccc(NC(=O)CC2SC(N3CCCCC3)=NC2=O)c1. The number of anilines is 1. The first kappa shape index (κ1) is 22.8. The van der Waals surface area contributed by atoms with Crippen molar-refractivity contribution >= 4 is 46.3 Å². The predicted octanol–water partition coefficient (Wildman–Crippen LogP) is 1.79. The summed E-state index contributed by atoms with van der Waals surface area (Å²) in [6.45, 7) is 1.95. The molecule has 1 atom stereocenters. The molecule has 1 fully saturated rings. The molecule has 0 saturated carbocycles. The van der Waals surface area contributed by atoms with Crippen LogP contribution in [0.15, 0.2) is 29.3 Å². The molecule has 166 valence electrons. The molecule has 2 N–H and O–H groups in total. The van der Waals surface area contributed by atoms with Gasteiger partial charge in [-0.1, -0.05) is 17.8 Å². The lowest BCUT2D eigenvalue weighted by Gasteiger charge is -2.27. The topological polar surface area (TPSA) is 117 Å². The zero-order valence-electron chi connectivity index (χ0n) is 17.4. The minimum absolute atomic E-state index is 0.0138. The minimum Gasteiger partial charge on any atom is -0.469 e. The molecule has 3 amide bonds. The number of benzene rings is 1. The quantitative estimate of drug-likeness (QED) is 0.613. The van der Waals surface area contributed by atoms with Crippen LogP contribution >= 0.6 is 11.8 Å². The summed E-state index contributed by atoms with van der Waals surface area (Å²) in [6, 6.07) is 6.48. The van der Waals surface area contributed by atoms with Gasteiger partial charge in [-0.15, -0.1) is 0 Å². The van der Waals surface area contributed by atoms with Crippen LogP contribution in [0.2, 0.25) is 0 Å². The number of ether oxygens (including phenoxy) is 1. The van der Waals surface area contributed by atoms with Crippen LogP contribution in [0.4, 0.5) is 5.69 Å². The van der Waals surface area contributed by atoms with Gasteiger partial charge in [0.15, 0.2) is 5.17 Å². The van der Waals surface area contributed by atoms with E-state index < -0.39 is 11.2 Å². The Hall–Kier alpha value is -2.88. The molecular weight excluding hydrogens is 420 g/mol. The van der Waals surface area contributed by atoms with Gasteiger partial charge in [-0.2, -0.15) is 4.99 Å². The summed E-state index contributed by atoms with van der Waals surface area (Å²) >= 11 is 1.35. The standard InChI is InChI=1S/C21H26N4O5S/c1-30-18(27)8-9-22-19(28)14-6-5-7-15(12-14)23-17(26)13-16-20(29)24-21(31-16)25-10-3-2-4-11-25/h5-7,12,16H,2-4,8-11,13H2,1H3,(H,22,28)(H,23,26). The zero-order chi connectivity index (χ0) is 22.2. The van der Waals surface area contributed by atoms with Crippen molar-refractivity contribution in [1.82, 2.24) is 10.2 Å². The number of piperidine rings is 1. The fraction of sp³-hybridized carbons (Fsp3) is 0.476. The number of carbonyl (C=O) groups excluding carboxylic acids is 4. The second-order valence-electron chi connectivity index (χ2n) is 7.30. The second-order valence-corrected chi connectivity index (χ2v) is 8.47. The number of hydrogen-bond acceptors (Lipinski definition) is 7. The third-order valence-electron chi connectivity index (χ3n) is 4.98. The maximum atomic E-state index is 12.5. The van der Waals surface area contributed by atoms with Gasteiger partial charge in [-0.25, -0.2) is 0 Å². The van der Waals surface area contributed by atoms with Crippen LogP contribution in [-0.4, -0.2) is 65.8 Å². The van der Waals surface area contributed by atoms with Crippen LogP contribution in [0.3, 0.4) is 0 Å². The minimum atomic E-state index is -0.526. The van der Waals surface area contributed by atoms with E-state index in [1.807, 2.05) is 0 Å². The number of carbonyl (C=O) groups is 4. The average Bonchev–Trinajstić information content (AvgIpc) is 3.14. The van der Waals surface area contributed by atoms with Gasteiger partial charge in [-0.05, 0) is 37.5 Å². The van der Waals surface area contributed by atoms with Crippen molar-refractivity contribution in [2.75, 3.05) is 32.1 Å². The van der Waals surface area contributed by atoms with Crippen LogP contribution < -0.4 is 10.6 Å². The summed E-state index contributed by atoms with van der Waals surface area (Å²) < 4.78 is 4.53. The number of rotatable bonds is 7. The highest BCUT2D eigenvalue weighted by Crippen LogP contribution is 2.29. The summed E-state index contributed by atoms with van der Waals surface area (Å²) in [5.74, 6) is -1.36. The highest BCUT2D eigenvalue weighted by atomic mass is 32.2. The van der Waals surface area contributed by atoms with Gasteiger partial charge in [-0.3, -0.25) is 19.2 Å². The van der Waals surface area contributed by atoms with E-state index in [0.717, 1.165) is 25.9 Å². The lowest BCUT2D eigenvalue weighted by atomic mass is 10.1. The third kappa shape index (κ3) is 6.55. The van der Waals surface area contributed by atoms with Crippen LogP contribution in [0.1, 0.15) is 42.5 Å². The van der Waals surface area contributed by atoms with Gasteiger partial charge in [0.05, 0.1) is 13.5 Å². The molecular formula is C21H26N4O5S. The zero-order valence-corrected chi connectivity index (χ0v) is 18.2. The Kier molecular flexibility index (Phi) is 8.05. The number of thioether (sulfide) groups is 1. The van der Waals surface area contributed by atoms with Crippen molar-refractivity contribution in [3.05, 3.63) is 29.8 Å². The Labute approximate surface area is 185 Å². The maximum absolute atomic E-state index is 12.5. The monoisotopic (exact) mass is 446 g/mol. The first-order chi connectivity index (χ1) is 15.0. The number of nitrogens with zero attached hydrogens (tertiary/aromatic N) is 2. The summed E-state index contributed by atoms with van der Waals surface area (Å²) in [5.41, 5.74) is 0.808. The highest BCUT2D eigenvalue weighted by molar-refractivity contribution is 8.15. The number of amidine groups is 1. The second kappa shape index (κ2) is 10.9. The van der Waals surface area contributed by atoms with Gasteiger partial charge < -0.3 is 20.3 Å². The summed E-state index contributed by atoms with van der Waals surface area (Å²) in [4.78, 5) is 54.3. The predicted molar refractivity (Wildman–Crippen MR) is 118 cm³/mol. The van der Waals surface area contributed by atoms with E-state index in [2.05, 4.69) is 25.3 Å². The van der Waals surface area contributed by atoms with E-state index in [0.29, 0.717) is 16.4 Å². The third-order valence-corrected chi connectivity index (χ3v) is 6.19. The van der Waals surface area contributed by atoms with Crippen molar-refractivity contribution in [2.45, 2.75) is 37.4 Å². The Bertz CT molecular complexity index is 882. The van der Waals surface area contributed by atoms with Crippen molar-refractivity contribution in [2.24, 2.45) is 4.99 Å². The molecule has 2 aliphatic heterocycles. The summed E-state index contributed by atoms with van der Waals surface area (Å²) in [6.07, 6.45) is 3.46. The molecule has 9 nitrogen and oxygen atoms in total. The molecule has 2 heterocycles. The fourth-order valence-corrected chi connectivity index (χ4v) is 4.45. The Morgan fingerprint density at radius 3 is 2.74 bits per heavy atom. The normalized spacial score (nSPS) is 18.4. The maximum Gasteiger partial charge on any atom is 0.307 e. The van der Waals surface area contributed by atoms with Crippen LogP contribution in [0, 0.1) is 0 Å². The molecule has 2 aliphatic rings. The molecule has 1 aromatic carbocycles. The van der Waals surface area contributed by atoms with Gasteiger partial charge in [0, 0.05) is 37.3 Å². The number of nitrogens with one attached hydrogen (secondary N) is 2. The van der Waals surface area contributed by atoms with E-state index in [1.165, 1.54) is 25.3 Å². The molecule has 0 radical (unpaired) electrons. The number of aliphatic imine (C=N–C) groups is 1. The van der Waals surface area contributed by atoms with Crippen molar-refractivity contribution in [3.63, 3.8) is 0 Å². The first-order valence-electron chi connectivity index (χ1n) is 10.3. The number of methoxy groups -OCH3 is 1. The highest BCUT2D eigenvalue weighted by Gasteiger charge is 2.33. The molecule has 0 spiro atoms. The van der Waals surface area contributed by atoms with E-state index in [4.69, 9.17) is 0 Å². The summed E-state index contributed by atoms with van der Waals surface area (Å²) in [7, 11) is 1.29. The molecule has 1 aromatic rings. The average molecular weight is 447 g/mol. The van der Waals surface area contributed by atoms with E-state index >= 15 is 0 Å². The first-order valence-corrected chi connectivity index (χ1v) is 11.1. The molecule has 1 saturated heterocycles. The fourth-order valence-electron chi connectivity index (χ4n) is 3.33. The Balaban J connectivity index is 1.49. The number of amides is 3. The molecule has 10 heteroatoms. The molecule has 1 unspecified atom stereocenters. The van der Waals surface area contributed by atoms with E-state index in [-0.39, 0.29) is 37.1 Å². The summed E-state index contributed by atoms with van der Waals surface area (Å²) in [5, 5.41) is 5.55. The van der Waals surface area contributed by atoms with Crippen LogP contribution in [0.25, 0.3) is 0 Å². The van der Waals surface area contributed by atoms with Crippen LogP contribution in [-0.2, 0) is 19.1 Å². The van der Waals surface area contributed by atoms with E-state index in [9.17, 15) is 19.2 Å². The number of esters is 1. The number of likely N-dealkylation sites (tertiary alicyclic amines) is 1. The lowest BCUT2D eigenvalue weighted by Crippen LogP contribution is -2.33. The van der Waals surface area contributed by atoms with Gasteiger partial charge in [0.1, 0.15) is 5.25 Å².